The molecule has 0 heterocycles. The van der Waals surface area contributed by atoms with Gasteiger partial charge in [0, 0.05) is 0 Å². The first-order chi connectivity index (χ1) is 5.33. The Hall–Kier alpha value is -1.02. The average Bonchev–Trinajstić information content (AvgIpc) is 2.08. The van der Waals surface area contributed by atoms with Gasteiger partial charge < -0.3 is 10.5 Å². The molecule has 0 radical (unpaired) electrons. The van der Waals surface area contributed by atoms with Crippen LogP contribution in [-0.4, -0.2) is 14.2 Å². The summed E-state index contributed by atoms with van der Waals surface area (Å²) in [6.07, 6.45) is 0. The van der Waals surface area contributed by atoms with Crippen LogP contribution in [0, 0.1) is 6.92 Å². The van der Waals surface area contributed by atoms with Gasteiger partial charge >= 0.3 is 0 Å². The van der Waals surface area contributed by atoms with Gasteiger partial charge in [-0.1, -0.05) is 12.1 Å². The minimum atomic E-state index is 0.926. The number of nitrogens with two attached hydrogens (primary N) is 1. The van der Waals surface area contributed by atoms with Gasteiger partial charge in [-0.2, -0.15) is 0 Å². The van der Waals surface area contributed by atoms with E-state index in [-0.39, 0.29) is 0 Å². The van der Waals surface area contributed by atoms with Gasteiger partial charge in [0.1, 0.15) is 5.75 Å². The third-order valence-electron chi connectivity index (χ3n) is 1.23. The number of rotatable bonds is 1. The van der Waals surface area contributed by atoms with Gasteiger partial charge in [0.2, 0.25) is 0 Å². The van der Waals surface area contributed by atoms with Gasteiger partial charge in [-0.15, -0.1) is 0 Å². The third kappa shape index (κ3) is 3.63. The molecule has 1 aromatic rings. The Bertz CT molecular complexity index is 199. The molecule has 0 aliphatic rings. The van der Waals surface area contributed by atoms with Gasteiger partial charge in [-0.25, -0.2) is 0 Å². The predicted octanol–water partition coefficient (Wildman–Crippen LogP) is 1.58. The second-order valence-corrected chi connectivity index (χ2v) is 2.02. The topological polar surface area (TPSA) is 35.2 Å². The lowest BCUT2D eigenvalue weighted by Gasteiger charge is -1.97. The number of ether oxygens (including phenoxy) is 1. The summed E-state index contributed by atoms with van der Waals surface area (Å²) in [7, 11) is 3.18. The molecule has 0 aromatic heterocycles. The quantitative estimate of drug-likeness (QED) is 0.664. The second-order valence-electron chi connectivity index (χ2n) is 2.02. The highest BCUT2D eigenvalue weighted by Crippen LogP contribution is 2.10. The molecule has 0 unspecified atom stereocenters. The highest BCUT2D eigenvalue weighted by atomic mass is 16.5. The number of methoxy groups -OCH3 is 1. The number of hydrogen-bond donors (Lipinski definition) is 1. The molecule has 0 aliphatic carbocycles. The van der Waals surface area contributed by atoms with Crippen LogP contribution in [0.5, 0.6) is 5.75 Å². The Balaban J connectivity index is 0.000000461. The van der Waals surface area contributed by atoms with Gasteiger partial charge in [-0.05, 0) is 31.7 Å². The van der Waals surface area contributed by atoms with Crippen LogP contribution in [0.2, 0.25) is 0 Å². The normalized spacial score (nSPS) is 8.00. The number of aryl methyl sites for hydroxylation is 1. The van der Waals surface area contributed by atoms with Crippen molar-refractivity contribution in [1.29, 1.82) is 0 Å². The molecule has 0 amide bonds. The molecule has 0 atom stereocenters. The van der Waals surface area contributed by atoms with E-state index in [4.69, 9.17) is 4.74 Å². The largest absolute Gasteiger partial charge is 0.497 e. The van der Waals surface area contributed by atoms with E-state index in [0.29, 0.717) is 0 Å². The smallest absolute Gasteiger partial charge is 0.119 e. The van der Waals surface area contributed by atoms with E-state index in [2.05, 4.69) is 5.73 Å². The van der Waals surface area contributed by atoms with Crippen molar-refractivity contribution >= 4 is 0 Å². The summed E-state index contributed by atoms with van der Waals surface area (Å²) in [5.41, 5.74) is 5.73. The summed E-state index contributed by atoms with van der Waals surface area (Å²) in [5.74, 6) is 0.926. The molecule has 1 aromatic carbocycles. The van der Waals surface area contributed by atoms with Crippen LogP contribution in [0.3, 0.4) is 0 Å². The summed E-state index contributed by atoms with van der Waals surface area (Å²) < 4.78 is 5.00. The van der Waals surface area contributed by atoms with Crippen LogP contribution in [-0.2, 0) is 0 Å². The van der Waals surface area contributed by atoms with Crippen molar-refractivity contribution in [1.82, 2.24) is 0 Å². The SMILES string of the molecule is CN.COc1cccc(C)c1. The zero-order chi connectivity index (χ0) is 8.69. The number of hydrogen-bond acceptors (Lipinski definition) is 2. The molecule has 2 nitrogen and oxygen atoms in total. The molecule has 0 saturated heterocycles. The van der Waals surface area contributed by atoms with Crippen LogP contribution in [0.4, 0.5) is 0 Å². The molecule has 11 heavy (non-hydrogen) atoms. The maximum Gasteiger partial charge on any atom is 0.119 e. The summed E-state index contributed by atoms with van der Waals surface area (Å²) >= 11 is 0. The molecule has 0 fully saturated rings. The van der Waals surface area contributed by atoms with Gasteiger partial charge in [0.25, 0.3) is 0 Å². The fourth-order valence-corrected chi connectivity index (χ4v) is 0.742. The van der Waals surface area contributed by atoms with Crippen molar-refractivity contribution < 1.29 is 4.74 Å². The van der Waals surface area contributed by atoms with Crippen LogP contribution in [0.25, 0.3) is 0 Å². The lowest BCUT2D eigenvalue weighted by Crippen LogP contribution is -1.81. The molecular formula is C9H15NO. The Labute approximate surface area is 68.0 Å². The summed E-state index contributed by atoms with van der Waals surface area (Å²) in [6, 6.07) is 7.96. The van der Waals surface area contributed by atoms with Crippen molar-refractivity contribution in [3.05, 3.63) is 29.8 Å². The zero-order valence-corrected chi connectivity index (χ0v) is 7.29. The maximum atomic E-state index is 5.00. The molecule has 0 aliphatic heterocycles. The van der Waals surface area contributed by atoms with Crippen molar-refractivity contribution in [2.75, 3.05) is 14.2 Å². The first kappa shape index (κ1) is 9.98. The maximum absolute atomic E-state index is 5.00. The van der Waals surface area contributed by atoms with Crippen molar-refractivity contribution in [3.63, 3.8) is 0 Å². The predicted molar refractivity (Wildman–Crippen MR) is 47.8 cm³/mol. The molecular weight excluding hydrogens is 138 g/mol. The van der Waals surface area contributed by atoms with Crippen molar-refractivity contribution in [2.45, 2.75) is 6.92 Å². The first-order valence-electron chi connectivity index (χ1n) is 3.51. The van der Waals surface area contributed by atoms with Gasteiger partial charge in [0.15, 0.2) is 0 Å². The standard InChI is InChI=1S/C8H10O.CH5N/c1-7-4-3-5-8(6-7)9-2;1-2/h3-6H,1-2H3;2H2,1H3. The van der Waals surface area contributed by atoms with E-state index in [0.717, 1.165) is 5.75 Å². The van der Waals surface area contributed by atoms with Gasteiger partial charge in [0.05, 0.1) is 7.11 Å². The van der Waals surface area contributed by atoms with E-state index >= 15 is 0 Å². The molecule has 1 rings (SSSR count). The minimum Gasteiger partial charge on any atom is -0.497 e. The Morgan fingerprint density at radius 2 is 1.91 bits per heavy atom. The summed E-state index contributed by atoms with van der Waals surface area (Å²) in [4.78, 5) is 0. The highest BCUT2D eigenvalue weighted by Gasteiger charge is 1.86. The van der Waals surface area contributed by atoms with Crippen LogP contribution in [0.1, 0.15) is 5.56 Å². The fourth-order valence-electron chi connectivity index (χ4n) is 0.742. The van der Waals surface area contributed by atoms with Crippen LogP contribution >= 0.6 is 0 Å². The molecule has 0 saturated carbocycles. The van der Waals surface area contributed by atoms with Gasteiger partial charge in [-0.3, -0.25) is 0 Å². The van der Waals surface area contributed by atoms with E-state index in [9.17, 15) is 0 Å². The Kier molecular flexibility index (Phi) is 5.21. The zero-order valence-electron chi connectivity index (χ0n) is 7.29. The summed E-state index contributed by atoms with van der Waals surface area (Å²) in [6.45, 7) is 2.04. The van der Waals surface area contributed by atoms with Crippen LogP contribution in [0.15, 0.2) is 24.3 Å². The average molecular weight is 153 g/mol. The molecule has 0 bridgehead atoms. The minimum absolute atomic E-state index is 0.926. The Morgan fingerprint density at radius 3 is 2.27 bits per heavy atom. The van der Waals surface area contributed by atoms with E-state index < -0.39 is 0 Å². The van der Waals surface area contributed by atoms with E-state index in [1.165, 1.54) is 12.6 Å². The second kappa shape index (κ2) is 5.74. The first-order valence-corrected chi connectivity index (χ1v) is 3.51. The van der Waals surface area contributed by atoms with E-state index in [1.807, 2.05) is 31.2 Å². The summed E-state index contributed by atoms with van der Waals surface area (Å²) in [5, 5.41) is 0. The fraction of sp³-hybridized carbons (Fsp3) is 0.333. The molecule has 2 heteroatoms. The third-order valence-corrected chi connectivity index (χ3v) is 1.23. The highest BCUT2D eigenvalue weighted by molar-refractivity contribution is 5.27. The van der Waals surface area contributed by atoms with E-state index in [1.54, 1.807) is 7.11 Å². The van der Waals surface area contributed by atoms with Crippen molar-refractivity contribution in [3.8, 4) is 5.75 Å². The lowest BCUT2D eigenvalue weighted by atomic mass is 10.2. The number of benzene rings is 1. The molecule has 62 valence electrons. The lowest BCUT2D eigenvalue weighted by molar-refractivity contribution is 0.414. The van der Waals surface area contributed by atoms with Crippen LogP contribution < -0.4 is 10.5 Å². The molecule has 0 spiro atoms. The molecule has 2 N–H and O–H groups in total. The van der Waals surface area contributed by atoms with Crippen molar-refractivity contribution in [2.24, 2.45) is 5.73 Å². The monoisotopic (exact) mass is 153 g/mol. The Morgan fingerprint density at radius 1 is 1.27 bits per heavy atom.